The minimum absolute atomic E-state index is 0.0784. The average molecular weight is 466 g/mol. The molecule has 156 valence electrons. The molecular formula is C22H19N5OS3. The van der Waals surface area contributed by atoms with Gasteiger partial charge in [0.2, 0.25) is 0 Å². The van der Waals surface area contributed by atoms with Gasteiger partial charge in [0, 0.05) is 21.9 Å². The molecule has 0 fully saturated rings. The number of aromatic amines is 1. The number of nitrogens with zero attached hydrogens (tertiary/aromatic N) is 4. The zero-order valence-corrected chi connectivity index (χ0v) is 19.4. The SMILES string of the molecule is Cc1sc2nc(CSc3nnc(Cc4cccs4)n3-c3ccccc3)[nH]c(=O)c2c1C. The molecule has 0 aliphatic rings. The number of thiophene rings is 2. The van der Waals surface area contributed by atoms with Crippen molar-refractivity contribution in [3.05, 3.63) is 85.2 Å². The van der Waals surface area contributed by atoms with Crippen molar-refractivity contribution in [1.29, 1.82) is 0 Å². The molecule has 0 saturated heterocycles. The third-order valence-electron chi connectivity index (χ3n) is 5.05. The molecule has 0 saturated carbocycles. The molecule has 0 unspecified atom stereocenters. The van der Waals surface area contributed by atoms with Crippen molar-refractivity contribution < 1.29 is 0 Å². The van der Waals surface area contributed by atoms with Gasteiger partial charge in [-0.15, -0.1) is 32.9 Å². The number of hydrogen-bond donors (Lipinski definition) is 1. The van der Waals surface area contributed by atoms with Gasteiger partial charge >= 0.3 is 0 Å². The van der Waals surface area contributed by atoms with Crippen LogP contribution in [0.1, 0.15) is 27.0 Å². The third-order valence-corrected chi connectivity index (χ3v) is 7.97. The van der Waals surface area contributed by atoms with Crippen molar-refractivity contribution >= 4 is 44.7 Å². The second-order valence-electron chi connectivity index (χ2n) is 7.09. The Hall–Kier alpha value is -2.75. The van der Waals surface area contributed by atoms with Crippen LogP contribution in [0.2, 0.25) is 0 Å². The number of rotatable bonds is 6. The summed E-state index contributed by atoms with van der Waals surface area (Å²) in [5, 5.41) is 12.5. The van der Waals surface area contributed by atoms with Crippen LogP contribution in [0.25, 0.3) is 15.9 Å². The van der Waals surface area contributed by atoms with E-state index in [2.05, 4.69) is 48.3 Å². The predicted octanol–water partition coefficient (Wildman–Crippen LogP) is 5.13. The molecule has 31 heavy (non-hydrogen) atoms. The molecule has 5 rings (SSSR count). The molecular weight excluding hydrogens is 446 g/mol. The Morgan fingerprint density at radius 3 is 2.71 bits per heavy atom. The molecule has 4 aromatic heterocycles. The van der Waals surface area contributed by atoms with Crippen LogP contribution < -0.4 is 5.56 Å². The molecule has 0 aliphatic heterocycles. The van der Waals surface area contributed by atoms with E-state index in [9.17, 15) is 4.79 Å². The van der Waals surface area contributed by atoms with Crippen molar-refractivity contribution in [1.82, 2.24) is 24.7 Å². The minimum atomic E-state index is -0.0784. The van der Waals surface area contributed by atoms with Crippen molar-refractivity contribution in [3.63, 3.8) is 0 Å². The van der Waals surface area contributed by atoms with E-state index in [1.807, 2.05) is 38.1 Å². The average Bonchev–Trinajstić information content (AvgIpc) is 3.48. The summed E-state index contributed by atoms with van der Waals surface area (Å²) >= 11 is 4.79. The highest BCUT2D eigenvalue weighted by Gasteiger charge is 2.17. The van der Waals surface area contributed by atoms with E-state index < -0.39 is 0 Å². The van der Waals surface area contributed by atoms with Crippen molar-refractivity contribution in [2.45, 2.75) is 31.2 Å². The lowest BCUT2D eigenvalue weighted by Crippen LogP contribution is -2.11. The van der Waals surface area contributed by atoms with Crippen molar-refractivity contribution in [2.75, 3.05) is 0 Å². The number of benzene rings is 1. The van der Waals surface area contributed by atoms with Gasteiger partial charge < -0.3 is 4.98 Å². The predicted molar refractivity (Wildman–Crippen MR) is 128 cm³/mol. The number of para-hydroxylation sites is 1. The topological polar surface area (TPSA) is 76.5 Å². The first kappa shape index (κ1) is 20.2. The quantitative estimate of drug-likeness (QED) is 0.352. The molecule has 4 heterocycles. The Labute approximate surface area is 191 Å². The van der Waals surface area contributed by atoms with Crippen molar-refractivity contribution in [2.24, 2.45) is 0 Å². The molecule has 1 N–H and O–H groups in total. The molecule has 1 aromatic carbocycles. The standard InChI is InChI=1S/C22H19N5OS3/c1-13-14(2)31-21-19(13)20(28)23-17(24-21)12-30-22-26-25-18(11-16-9-6-10-29-16)27(22)15-7-4-3-5-8-15/h3-10H,11-12H2,1-2H3,(H,23,24,28). The molecule has 0 atom stereocenters. The first-order valence-electron chi connectivity index (χ1n) is 9.74. The zero-order valence-electron chi connectivity index (χ0n) is 17.0. The molecule has 5 aromatic rings. The van der Waals surface area contributed by atoms with E-state index >= 15 is 0 Å². The Morgan fingerprint density at radius 2 is 1.94 bits per heavy atom. The summed E-state index contributed by atoms with van der Waals surface area (Å²) in [5.41, 5.74) is 1.95. The number of thioether (sulfide) groups is 1. The smallest absolute Gasteiger partial charge is 0.259 e. The normalized spacial score (nSPS) is 11.4. The highest BCUT2D eigenvalue weighted by atomic mass is 32.2. The maximum atomic E-state index is 12.6. The molecule has 0 aliphatic carbocycles. The Balaban J connectivity index is 1.47. The number of aryl methyl sites for hydroxylation is 2. The van der Waals surface area contributed by atoms with Crippen molar-refractivity contribution in [3.8, 4) is 5.69 Å². The third kappa shape index (κ3) is 3.96. The van der Waals surface area contributed by atoms with Gasteiger partial charge in [-0.1, -0.05) is 36.0 Å². The van der Waals surface area contributed by atoms with Gasteiger partial charge in [0.1, 0.15) is 16.5 Å². The van der Waals surface area contributed by atoms with Crippen LogP contribution in [0.4, 0.5) is 0 Å². The van der Waals surface area contributed by atoms with Crippen LogP contribution in [0.5, 0.6) is 0 Å². The van der Waals surface area contributed by atoms with Crippen LogP contribution in [-0.4, -0.2) is 24.7 Å². The van der Waals surface area contributed by atoms with E-state index in [0.717, 1.165) is 38.4 Å². The maximum absolute atomic E-state index is 12.6. The lowest BCUT2D eigenvalue weighted by molar-refractivity contribution is 0.849. The number of hydrogen-bond acceptors (Lipinski definition) is 7. The summed E-state index contributed by atoms with van der Waals surface area (Å²) in [6.45, 7) is 3.99. The second kappa shape index (κ2) is 8.41. The Bertz CT molecular complexity index is 1400. The van der Waals surface area contributed by atoms with E-state index in [1.165, 1.54) is 16.6 Å². The number of fused-ring (bicyclic) bond motifs is 1. The van der Waals surface area contributed by atoms with Crippen LogP contribution in [0.15, 0.2) is 57.8 Å². The molecule has 0 amide bonds. The second-order valence-corrected chi connectivity index (χ2v) is 10.3. The Morgan fingerprint density at radius 1 is 1.10 bits per heavy atom. The first-order chi connectivity index (χ1) is 15.1. The minimum Gasteiger partial charge on any atom is -0.309 e. The zero-order chi connectivity index (χ0) is 21.4. The monoisotopic (exact) mass is 465 g/mol. The summed E-state index contributed by atoms with van der Waals surface area (Å²) in [6.07, 6.45) is 0.717. The Kier molecular flexibility index (Phi) is 5.47. The number of nitrogens with one attached hydrogen (secondary N) is 1. The summed E-state index contributed by atoms with van der Waals surface area (Å²) in [7, 11) is 0. The summed E-state index contributed by atoms with van der Waals surface area (Å²) in [6, 6.07) is 14.3. The fraction of sp³-hybridized carbons (Fsp3) is 0.182. The van der Waals surface area contributed by atoms with Gasteiger partial charge in [-0.25, -0.2) is 4.98 Å². The molecule has 0 spiro atoms. The molecule has 6 nitrogen and oxygen atoms in total. The van der Waals surface area contributed by atoms with E-state index in [0.29, 0.717) is 17.0 Å². The van der Waals surface area contributed by atoms with Gasteiger partial charge in [0.15, 0.2) is 5.16 Å². The lowest BCUT2D eigenvalue weighted by atomic mass is 10.2. The van der Waals surface area contributed by atoms with E-state index in [4.69, 9.17) is 0 Å². The largest absolute Gasteiger partial charge is 0.309 e. The van der Waals surface area contributed by atoms with Gasteiger partial charge in [-0.3, -0.25) is 9.36 Å². The van der Waals surface area contributed by atoms with Crippen LogP contribution in [-0.2, 0) is 12.2 Å². The number of H-pyrrole nitrogens is 1. The first-order valence-corrected chi connectivity index (χ1v) is 12.4. The lowest BCUT2D eigenvalue weighted by Gasteiger charge is -2.09. The fourth-order valence-corrected chi connectivity index (χ4v) is 6.01. The van der Waals surface area contributed by atoms with E-state index in [-0.39, 0.29) is 5.56 Å². The maximum Gasteiger partial charge on any atom is 0.259 e. The van der Waals surface area contributed by atoms with Gasteiger partial charge in [-0.05, 0) is 43.0 Å². The van der Waals surface area contributed by atoms with Crippen LogP contribution in [0.3, 0.4) is 0 Å². The summed E-state index contributed by atoms with van der Waals surface area (Å²) < 4.78 is 2.08. The fourth-order valence-electron chi connectivity index (χ4n) is 3.41. The summed E-state index contributed by atoms with van der Waals surface area (Å²) in [5.74, 6) is 2.04. The van der Waals surface area contributed by atoms with Gasteiger partial charge in [0.05, 0.1) is 11.1 Å². The highest BCUT2D eigenvalue weighted by Crippen LogP contribution is 2.28. The highest BCUT2D eigenvalue weighted by molar-refractivity contribution is 7.98. The molecule has 0 radical (unpaired) electrons. The van der Waals surface area contributed by atoms with Gasteiger partial charge in [-0.2, -0.15) is 0 Å². The van der Waals surface area contributed by atoms with Crippen LogP contribution in [0, 0.1) is 13.8 Å². The molecule has 0 bridgehead atoms. The van der Waals surface area contributed by atoms with Crippen LogP contribution >= 0.6 is 34.4 Å². The molecule has 9 heteroatoms. The van der Waals surface area contributed by atoms with Gasteiger partial charge in [0.25, 0.3) is 5.56 Å². The van der Waals surface area contributed by atoms with E-state index in [1.54, 1.807) is 22.7 Å². The summed E-state index contributed by atoms with van der Waals surface area (Å²) in [4.78, 5) is 23.4. The number of aromatic nitrogens is 5.